The van der Waals surface area contributed by atoms with Gasteiger partial charge >= 0.3 is 6.03 Å². The number of carbonyl (C=O) groups excluding carboxylic acids is 1. The van der Waals surface area contributed by atoms with E-state index in [9.17, 15) is 4.79 Å². The Hall–Kier alpha value is -2.41. The van der Waals surface area contributed by atoms with Crippen LogP contribution in [0.1, 0.15) is 17.1 Å². The normalized spacial score (nSPS) is 10.7. The number of amides is 2. The Labute approximate surface area is 140 Å². The summed E-state index contributed by atoms with van der Waals surface area (Å²) in [4.78, 5) is 20.4. The lowest BCUT2D eigenvalue weighted by atomic mass is 10.3. The van der Waals surface area contributed by atoms with Crippen molar-refractivity contribution in [3.8, 4) is 0 Å². The average Bonchev–Trinajstić information content (AvgIpc) is 2.55. The summed E-state index contributed by atoms with van der Waals surface area (Å²) in [5, 5.41) is 3.92. The molecule has 2 heterocycles. The van der Waals surface area contributed by atoms with Gasteiger partial charge in [0.25, 0.3) is 0 Å². The van der Waals surface area contributed by atoms with Crippen LogP contribution in [0.25, 0.3) is 0 Å². The topological polar surface area (TPSA) is 70.5 Å². The molecule has 2 rings (SSSR count). The molecule has 0 unspecified atom stereocenters. The van der Waals surface area contributed by atoms with E-state index in [2.05, 4.69) is 20.5 Å². The van der Waals surface area contributed by atoms with Gasteiger partial charge in [-0.1, -0.05) is 12.1 Å². The molecular formula is C16H19N5OS. The van der Waals surface area contributed by atoms with Crippen LogP contribution in [0.15, 0.2) is 47.7 Å². The molecule has 6 nitrogen and oxygen atoms in total. The van der Waals surface area contributed by atoms with Crippen LogP contribution in [0.2, 0.25) is 0 Å². The van der Waals surface area contributed by atoms with E-state index in [0.717, 1.165) is 23.6 Å². The molecule has 0 spiro atoms. The van der Waals surface area contributed by atoms with Crippen molar-refractivity contribution in [3.05, 3.63) is 59.7 Å². The molecule has 0 aliphatic carbocycles. The summed E-state index contributed by atoms with van der Waals surface area (Å²) >= 11 is 1.42. The molecule has 23 heavy (non-hydrogen) atoms. The van der Waals surface area contributed by atoms with Gasteiger partial charge in [0.1, 0.15) is 0 Å². The minimum atomic E-state index is -0.278. The maximum atomic E-state index is 11.9. The Morgan fingerprint density at radius 2 is 2.22 bits per heavy atom. The highest BCUT2D eigenvalue weighted by Gasteiger charge is 2.07. The lowest BCUT2D eigenvalue weighted by molar-refractivity contribution is 0.231. The molecule has 0 radical (unpaired) electrons. The highest BCUT2D eigenvalue weighted by molar-refractivity contribution is 7.97. The van der Waals surface area contributed by atoms with Gasteiger partial charge in [-0.05, 0) is 43.1 Å². The Morgan fingerprint density at radius 1 is 1.35 bits per heavy atom. The van der Waals surface area contributed by atoms with Crippen molar-refractivity contribution >= 4 is 24.2 Å². The van der Waals surface area contributed by atoms with E-state index in [1.807, 2.05) is 43.3 Å². The number of hydrogen-bond donors (Lipinski definition) is 1. The van der Waals surface area contributed by atoms with Crippen molar-refractivity contribution in [2.24, 2.45) is 5.10 Å². The summed E-state index contributed by atoms with van der Waals surface area (Å²) < 4.78 is 1.52. The van der Waals surface area contributed by atoms with Crippen LogP contribution in [0.4, 0.5) is 4.79 Å². The maximum Gasteiger partial charge on any atom is 0.347 e. The Kier molecular flexibility index (Phi) is 6.56. The summed E-state index contributed by atoms with van der Waals surface area (Å²) in [7, 11) is 1.71. The van der Waals surface area contributed by atoms with Gasteiger partial charge in [0, 0.05) is 36.8 Å². The van der Waals surface area contributed by atoms with E-state index in [-0.39, 0.29) is 6.03 Å². The van der Waals surface area contributed by atoms with Crippen LogP contribution in [-0.4, -0.2) is 39.3 Å². The molecule has 1 N–H and O–H groups in total. The molecule has 0 aliphatic heterocycles. The quantitative estimate of drug-likeness (QED) is 0.502. The molecule has 2 aromatic heterocycles. The van der Waals surface area contributed by atoms with E-state index in [0.29, 0.717) is 5.69 Å². The van der Waals surface area contributed by atoms with Gasteiger partial charge in [-0.25, -0.2) is 10.2 Å². The van der Waals surface area contributed by atoms with E-state index in [1.54, 1.807) is 13.2 Å². The molecule has 0 atom stereocenters. The number of hydrogen-bond acceptors (Lipinski definition) is 5. The standard InChI is InChI=1S/C16H19N5OS/c1-13-6-5-8-15(19-13)12-18-20-16(22)21(2)23-11-9-14-7-3-4-10-17-14/h3-8,10,12H,9,11H2,1-2H3,(H,20,22)/b18-12+. The Morgan fingerprint density at radius 3 is 2.96 bits per heavy atom. The second-order valence-corrected chi connectivity index (χ2v) is 5.99. The lowest BCUT2D eigenvalue weighted by Crippen LogP contribution is -2.30. The van der Waals surface area contributed by atoms with E-state index in [4.69, 9.17) is 0 Å². The number of pyridine rings is 2. The number of hydrazone groups is 1. The monoisotopic (exact) mass is 329 g/mol. The van der Waals surface area contributed by atoms with Crippen molar-refractivity contribution in [3.63, 3.8) is 0 Å². The van der Waals surface area contributed by atoms with Crippen LogP contribution >= 0.6 is 11.9 Å². The third-order valence-corrected chi connectivity index (χ3v) is 3.86. The first kappa shape index (κ1) is 17.0. The number of carbonyl (C=O) groups is 1. The van der Waals surface area contributed by atoms with Crippen molar-refractivity contribution in [2.45, 2.75) is 13.3 Å². The van der Waals surface area contributed by atoms with E-state index in [1.165, 1.54) is 22.5 Å². The number of urea groups is 1. The zero-order valence-electron chi connectivity index (χ0n) is 13.1. The predicted octanol–water partition coefficient (Wildman–Crippen LogP) is 2.65. The fraction of sp³-hybridized carbons (Fsp3) is 0.250. The van der Waals surface area contributed by atoms with Crippen molar-refractivity contribution in [1.29, 1.82) is 0 Å². The van der Waals surface area contributed by atoms with Gasteiger partial charge in [-0.2, -0.15) is 5.10 Å². The summed E-state index contributed by atoms with van der Waals surface area (Å²) in [6, 6.07) is 11.2. The molecular weight excluding hydrogens is 310 g/mol. The summed E-state index contributed by atoms with van der Waals surface area (Å²) in [5.74, 6) is 0.768. The second-order valence-electron chi connectivity index (χ2n) is 4.78. The number of nitrogens with one attached hydrogen (secondary N) is 1. The van der Waals surface area contributed by atoms with Crippen LogP contribution in [0, 0.1) is 6.92 Å². The van der Waals surface area contributed by atoms with E-state index >= 15 is 0 Å². The first-order valence-electron chi connectivity index (χ1n) is 7.18. The number of aryl methyl sites for hydroxylation is 2. The highest BCUT2D eigenvalue weighted by atomic mass is 32.2. The fourth-order valence-corrected chi connectivity index (χ4v) is 2.48. The first-order valence-corrected chi connectivity index (χ1v) is 8.12. The van der Waals surface area contributed by atoms with Gasteiger partial charge in [-0.3, -0.25) is 14.3 Å². The first-order chi connectivity index (χ1) is 11.1. The van der Waals surface area contributed by atoms with Gasteiger partial charge < -0.3 is 0 Å². The summed E-state index contributed by atoms with van der Waals surface area (Å²) in [6.07, 6.45) is 4.10. The highest BCUT2D eigenvalue weighted by Crippen LogP contribution is 2.09. The number of nitrogens with zero attached hydrogens (tertiary/aromatic N) is 4. The number of aromatic nitrogens is 2. The molecule has 2 aromatic rings. The summed E-state index contributed by atoms with van der Waals surface area (Å²) in [5.41, 5.74) is 5.10. The zero-order valence-corrected chi connectivity index (χ0v) is 14.0. The third kappa shape index (κ3) is 6.07. The molecule has 7 heteroatoms. The molecule has 0 saturated carbocycles. The molecule has 0 bridgehead atoms. The van der Waals surface area contributed by atoms with Gasteiger partial charge in [0.2, 0.25) is 0 Å². The average molecular weight is 329 g/mol. The van der Waals surface area contributed by atoms with Crippen LogP contribution in [0.3, 0.4) is 0 Å². The van der Waals surface area contributed by atoms with Crippen molar-refractivity contribution in [2.75, 3.05) is 12.8 Å². The third-order valence-electron chi connectivity index (χ3n) is 2.92. The molecule has 120 valence electrons. The van der Waals surface area contributed by atoms with Crippen LogP contribution in [-0.2, 0) is 6.42 Å². The van der Waals surface area contributed by atoms with Crippen molar-refractivity contribution in [1.82, 2.24) is 19.7 Å². The Balaban J connectivity index is 1.72. The predicted molar refractivity (Wildman–Crippen MR) is 93.3 cm³/mol. The smallest absolute Gasteiger partial charge is 0.270 e. The fourth-order valence-electron chi connectivity index (χ4n) is 1.75. The molecule has 2 amide bonds. The maximum absolute atomic E-state index is 11.9. The van der Waals surface area contributed by atoms with E-state index < -0.39 is 0 Å². The van der Waals surface area contributed by atoms with Gasteiger partial charge in [0.15, 0.2) is 0 Å². The van der Waals surface area contributed by atoms with Crippen LogP contribution in [0.5, 0.6) is 0 Å². The molecule has 0 saturated heterocycles. The summed E-state index contributed by atoms with van der Waals surface area (Å²) in [6.45, 7) is 1.90. The SMILES string of the molecule is Cc1cccc(/C=N/NC(=O)N(C)SCCc2ccccn2)n1. The van der Waals surface area contributed by atoms with Crippen LogP contribution < -0.4 is 5.43 Å². The number of rotatable bonds is 6. The molecule has 0 aromatic carbocycles. The molecule has 0 fully saturated rings. The Bertz CT molecular complexity index is 663. The second kappa shape index (κ2) is 8.89. The zero-order chi connectivity index (χ0) is 16.5. The largest absolute Gasteiger partial charge is 0.347 e. The van der Waals surface area contributed by atoms with Crippen molar-refractivity contribution < 1.29 is 4.79 Å². The lowest BCUT2D eigenvalue weighted by Gasteiger charge is -2.14. The minimum absolute atomic E-state index is 0.278. The minimum Gasteiger partial charge on any atom is -0.270 e. The van der Waals surface area contributed by atoms with Gasteiger partial charge in [-0.15, -0.1) is 0 Å². The van der Waals surface area contributed by atoms with Gasteiger partial charge in [0.05, 0.1) is 11.9 Å². The molecule has 0 aliphatic rings.